The molecule has 4 saturated carbocycles. The van der Waals surface area contributed by atoms with Gasteiger partial charge in [0, 0.05) is 34.0 Å². The summed E-state index contributed by atoms with van der Waals surface area (Å²) in [4.78, 5) is 13.0. The number of carbonyl (C=O) groups is 1. The van der Waals surface area contributed by atoms with Gasteiger partial charge in [0.15, 0.2) is 0 Å². The Balaban J connectivity index is 0.00000148. The zero-order valence-electron chi connectivity index (χ0n) is 22.8. The summed E-state index contributed by atoms with van der Waals surface area (Å²) in [5, 5.41) is 10.6. The summed E-state index contributed by atoms with van der Waals surface area (Å²) in [7, 11) is 1.52. The van der Waals surface area contributed by atoms with Crippen LogP contribution in [0, 0.1) is 40.4 Å². The van der Waals surface area contributed by atoms with Crippen molar-refractivity contribution in [2.45, 2.75) is 111 Å². The number of carbonyl (C=O) groups excluding carboxylic acids is 1. The van der Waals surface area contributed by atoms with Gasteiger partial charge in [0.25, 0.3) is 0 Å². The fourth-order valence-corrected chi connectivity index (χ4v) is 10.3. The van der Waals surface area contributed by atoms with Crippen molar-refractivity contribution in [3.05, 3.63) is 35.9 Å². The van der Waals surface area contributed by atoms with Crippen LogP contribution in [0.25, 0.3) is 0 Å². The Morgan fingerprint density at radius 2 is 1.72 bits per heavy atom. The Kier molecular flexibility index (Phi) is 9.94. The molecule has 4 fully saturated rings. The monoisotopic (exact) mass is 626 g/mol. The maximum atomic E-state index is 13.0. The summed E-state index contributed by atoms with van der Waals surface area (Å²) < 4.78 is 5.96. The van der Waals surface area contributed by atoms with E-state index in [0.717, 1.165) is 29.2 Å². The molecule has 0 amide bonds. The maximum absolute atomic E-state index is 13.0. The van der Waals surface area contributed by atoms with Crippen LogP contribution < -0.4 is 0 Å². The molecule has 1 N–H and O–H groups in total. The van der Waals surface area contributed by atoms with E-state index in [1.54, 1.807) is 0 Å². The minimum absolute atomic E-state index is 0.243. The van der Waals surface area contributed by atoms with Gasteiger partial charge >= 0.3 is 0 Å². The number of rotatable bonds is 7. The van der Waals surface area contributed by atoms with Crippen LogP contribution in [0.2, 0.25) is 0 Å². The number of fused-ring (bicyclic) bond motifs is 5. The third kappa shape index (κ3) is 5.60. The van der Waals surface area contributed by atoms with Gasteiger partial charge < -0.3 is 9.29 Å². The molecule has 36 heavy (non-hydrogen) atoms. The zero-order chi connectivity index (χ0) is 25.9. The maximum Gasteiger partial charge on any atom is 0.136 e. The van der Waals surface area contributed by atoms with Gasteiger partial charge in [-0.1, -0.05) is 58.0 Å². The van der Waals surface area contributed by atoms with Crippen molar-refractivity contribution in [2.24, 2.45) is 40.4 Å². The molecule has 9 unspecified atom stereocenters. The standard InChI is InChI=1S/C29H41IO3S.C2H6/c1-28-14-12-23(33-34-30)17-21(28)8-10-24-25-11-9-20(29(25,2)15-13-26(24)28)16-22(31)18-27(32)19-6-4-3-5-7-19;1-2/h3-7,20-21,23-27,32H,8-18H2,1-2H3;1-2H3. The highest BCUT2D eigenvalue weighted by molar-refractivity contribution is 14.2. The van der Waals surface area contributed by atoms with Gasteiger partial charge in [-0.15, -0.1) is 0 Å². The Hall–Kier alpha value is -0.110. The minimum atomic E-state index is -0.672. The molecule has 0 bridgehead atoms. The van der Waals surface area contributed by atoms with Crippen LogP contribution >= 0.6 is 30.4 Å². The van der Waals surface area contributed by atoms with Crippen molar-refractivity contribution in [1.29, 1.82) is 0 Å². The SMILES string of the molecule is CC.CC12CCC3C(CCC4CC(OSI)CCC43C)C1CCC2CC(=O)CC(O)c1ccccc1. The summed E-state index contributed by atoms with van der Waals surface area (Å²) in [6.45, 7) is 9.13. The van der Waals surface area contributed by atoms with Gasteiger partial charge in [-0.05, 0) is 104 Å². The highest BCUT2D eigenvalue weighted by Crippen LogP contribution is 2.68. The van der Waals surface area contributed by atoms with Crippen LogP contribution in [0.15, 0.2) is 30.3 Å². The molecule has 5 rings (SSSR count). The van der Waals surface area contributed by atoms with Gasteiger partial charge in [-0.25, -0.2) is 0 Å². The molecule has 0 spiro atoms. The van der Waals surface area contributed by atoms with Crippen LogP contribution in [-0.2, 0) is 8.98 Å². The predicted octanol–water partition coefficient (Wildman–Crippen LogP) is 9.14. The van der Waals surface area contributed by atoms with Crippen LogP contribution in [-0.4, -0.2) is 17.0 Å². The third-order valence-electron chi connectivity index (χ3n) is 11.1. The smallest absolute Gasteiger partial charge is 0.136 e. The fourth-order valence-electron chi connectivity index (χ4n) is 9.17. The van der Waals surface area contributed by atoms with Crippen LogP contribution in [0.1, 0.15) is 110 Å². The Morgan fingerprint density at radius 3 is 2.44 bits per heavy atom. The van der Waals surface area contributed by atoms with E-state index in [0.29, 0.717) is 29.3 Å². The first-order valence-electron chi connectivity index (χ1n) is 14.5. The summed E-state index contributed by atoms with van der Waals surface area (Å²) in [6, 6.07) is 9.65. The summed E-state index contributed by atoms with van der Waals surface area (Å²) in [6.07, 6.45) is 12.3. The second-order valence-electron chi connectivity index (χ2n) is 12.4. The number of hydrogen-bond acceptors (Lipinski definition) is 4. The normalized spacial score (nSPS) is 40.2. The van der Waals surface area contributed by atoms with E-state index < -0.39 is 6.10 Å². The van der Waals surface area contributed by atoms with Crippen molar-refractivity contribution in [2.75, 3.05) is 0 Å². The van der Waals surface area contributed by atoms with Crippen LogP contribution in [0.5, 0.6) is 0 Å². The van der Waals surface area contributed by atoms with E-state index in [1.807, 2.05) is 44.2 Å². The Bertz CT molecular complexity index is 865. The number of hydrogen-bond donors (Lipinski definition) is 1. The van der Waals surface area contributed by atoms with Crippen molar-refractivity contribution in [3.8, 4) is 0 Å². The third-order valence-corrected chi connectivity index (χ3v) is 12.0. The Morgan fingerprint density at radius 1 is 1.03 bits per heavy atom. The second kappa shape index (κ2) is 12.4. The minimum Gasteiger partial charge on any atom is -0.388 e. The van der Waals surface area contributed by atoms with Crippen LogP contribution in [0.4, 0.5) is 0 Å². The first kappa shape index (κ1) is 28.9. The molecule has 0 aliphatic heterocycles. The first-order chi connectivity index (χ1) is 17.3. The van der Waals surface area contributed by atoms with E-state index in [-0.39, 0.29) is 12.2 Å². The molecule has 1 aromatic rings. The lowest BCUT2D eigenvalue weighted by molar-refractivity contribution is -0.130. The summed E-state index contributed by atoms with van der Waals surface area (Å²) in [5.41, 5.74) is 1.64. The lowest BCUT2D eigenvalue weighted by atomic mass is 9.44. The van der Waals surface area contributed by atoms with Gasteiger partial charge in [0.1, 0.15) is 5.78 Å². The average Bonchev–Trinajstić information content (AvgIpc) is 3.22. The van der Waals surface area contributed by atoms with Crippen molar-refractivity contribution in [3.63, 3.8) is 0 Å². The fraction of sp³-hybridized carbons (Fsp3) is 0.774. The topological polar surface area (TPSA) is 46.5 Å². The Labute approximate surface area is 236 Å². The van der Waals surface area contributed by atoms with E-state index in [4.69, 9.17) is 4.18 Å². The van der Waals surface area contributed by atoms with Gasteiger partial charge in [0.05, 0.1) is 21.4 Å². The number of aliphatic hydroxyl groups excluding tert-OH is 1. The van der Waals surface area contributed by atoms with Crippen molar-refractivity contribution in [1.82, 2.24) is 0 Å². The van der Waals surface area contributed by atoms with E-state index in [9.17, 15) is 9.90 Å². The first-order valence-corrected chi connectivity index (χ1v) is 17.8. The molecule has 9 atom stereocenters. The lowest BCUT2D eigenvalue weighted by Crippen LogP contribution is -2.54. The molecule has 202 valence electrons. The van der Waals surface area contributed by atoms with Crippen LogP contribution in [0.3, 0.4) is 0 Å². The highest BCUT2D eigenvalue weighted by atomic mass is 127. The molecule has 0 aromatic heterocycles. The molecule has 1 aromatic carbocycles. The molecular weight excluding hydrogens is 579 g/mol. The number of ketones is 1. The number of halogens is 1. The molecule has 3 nitrogen and oxygen atoms in total. The quantitative estimate of drug-likeness (QED) is 0.242. The average molecular weight is 627 g/mol. The molecule has 0 saturated heterocycles. The van der Waals surface area contributed by atoms with Gasteiger partial charge in [-0.2, -0.15) is 0 Å². The summed E-state index contributed by atoms with van der Waals surface area (Å²) >= 11 is 2.26. The number of Topliss-reactive ketones (excluding diaryl/α,β-unsaturated/α-hetero) is 1. The number of aliphatic hydroxyl groups is 1. The summed E-state index contributed by atoms with van der Waals surface area (Å²) in [5.74, 6) is 4.02. The molecule has 5 heteroatoms. The largest absolute Gasteiger partial charge is 0.388 e. The molecule has 0 radical (unpaired) electrons. The second-order valence-corrected chi connectivity index (χ2v) is 13.8. The molecule has 0 heterocycles. The van der Waals surface area contributed by atoms with Crippen molar-refractivity contribution < 1.29 is 14.1 Å². The predicted molar refractivity (Wildman–Crippen MR) is 159 cm³/mol. The lowest BCUT2D eigenvalue weighted by Gasteiger charge is -2.61. The number of benzene rings is 1. The van der Waals surface area contributed by atoms with Gasteiger partial charge in [-0.3, -0.25) is 4.79 Å². The molecule has 4 aliphatic carbocycles. The zero-order valence-corrected chi connectivity index (χ0v) is 25.7. The highest BCUT2D eigenvalue weighted by Gasteiger charge is 2.60. The molecule has 4 aliphatic rings. The van der Waals surface area contributed by atoms with E-state index >= 15 is 0 Å². The van der Waals surface area contributed by atoms with E-state index in [2.05, 4.69) is 35.1 Å². The van der Waals surface area contributed by atoms with Crippen molar-refractivity contribution >= 4 is 36.2 Å². The van der Waals surface area contributed by atoms with Gasteiger partial charge in [0.2, 0.25) is 0 Å². The molecular formula is C31H47IO3S. The van der Waals surface area contributed by atoms with E-state index in [1.165, 1.54) is 67.0 Å².